The summed E-state index contributed by atoms with van der Waals surface area (Å²) in [5, 5.41) is 1.50. The number of hydrogen-bond acceptors (Lipinski definition) is 8. The Hall–Kier alpha value is -3.94. The van der Waals surface area contributed by atoms with Gasteiger partial charge >= 0.3 is 0 Å². The smallest absolute Gasteiger partial charge is 0.242 e. The molecule has 0 spiro atoms. The highest BCUT2D eigenvalue weighted by Gasteiger charge is 2.40. The SMILES string of the molecule is O=C(CC1CCN(C(=O)CN2CCCCC2=O)CC1)N1CCC([C@H]2c3ncc(Br)cc3CCc3cc(Cl)cc(Br)c32)CC1.O=C1CCCCN1CCC(=O)N1CCC(CC(=O)N2CCC([C@H]3c4ncc(Br)cc4CCc4cc(Cl)cc(Br)c43)CC2)CC1. The van der Waals surface area contributed by atoms with Crippen molar-refractivity contribution in [2.24, 2.45) is 23.7 Å². The Morgan fingerprint density at radius 3 is 1.28 bits per heavy atom. The molecule has 12 rings (SSSR count). The maximum atomic E-state index is 13.4. The summed E-state index contributed by atoms with van der Waals surface area (Å²) in [5.74, 6) is 2.63. The first kappa shape index (κ1) is 64.6. The summed E-state index contributed by atoms with van der Waals surface area (Å²) in [6.07, 6.45) is 21.2. The highest BCUT2D eigenvalue weighted by Crippen LogP contribution is 2.48. The number of aromatic nitrogens is 2. The Morgan fingerprint density at radius 2 is 0.839 bits per heavy atom. The van der Waals surface area contributed by atoms with Gasteiger partial charge in [-0.2, -0.15) is 0 Å². The fourth-order valence-corrected chi connectivity index (χ4v) is 18.3. The third kappa shape index (κ3) is 15.7. The van der Waals surface area contributed by atoms with E-state index >= 15 is 0 Å². The van der Waals surface area contributed by atoms with Crippen molar-refractivity contribution in [3.8, 4) is 0 Å². The number of pyridine rings is 2. The quantitative estimate of drug-likeness (QED) is 0.144. The van der Waals surface area contributed by atoms with Crippen LogP contribution in [0.5, 0.6) is 0 Å². The summed E-state index contributed by atoms with van der Waals surface area (Å²) in [4.78, 5) is 98.0. The Balaban J connectivity index is 0.000000180. The lowest BCUT2D eigenvalue weighted by Gasteiger charge is -2.38. The van der Waals surface area contributed by atoms with Crippen LogP contribution in [0.25, 0.3) is 0 Å². The van der Waals surface area contributed by atoms with E-state index in [2.05, 4.69) is 97.8 Å². The first-order chi connectivity index (χ1) is 42.0. The Kier molecular flexibility index (Phi) is 21.9. The first-order valence-corrected chi connectivity index (χ1v) is 35.9. The summed E-state index contributed by atoms with van der Waals surface area (Å²) in [6, 6.07) is 12.7. The molecule has 4 aromatic rings. The molecule has 14 nitrogen and oxygen atoms in total. The zero-order valence-corrected chi connectivity index (χ0v) is 57.6. The lowest BCUT2D eigenvalue weighted by Crippen LogP contribution is -2.47. The number of benzene rings is 2. The number of halogens is 6. The maximum absolute atomic E-state index is 13.4. The largest absolute Gasteiger partial charge is 0.343 e. The molecule has 6 fully saturated rings. The summed E-state index contributed by atoms with van der Waals surface area (Å²) in [7, 11) is 0. The van der Waals surface area contributed by atoms with Crippen molar-refractivity contribution in [3.05, 3.63) is 121 Å². The molecule has 0 saturated carbocycles. The van der Waals surface area contributed by atoms with Crippen LogP contribution in [-0.4, -0.2) is 153 Å². The molecule has 87 heavy (non-hydrogen) atoms. The Bertz CT molecular complexity index is 3210. The standard InChI is InChI=1S/C34H41Br2ClN4O3.C33H39Br2ClN4O3/c35-26-18-25-5-4-24-19-27(37)20-28(36)32(24)33(34(25)38-21-26)23-8-14-41(15-9-23)31(44)17-22-6-12-40(13-7-22)30(43)10-16-39-11-2-1-3-29(39)42;34-25-16-24-5-4-23-17-26(36)18-27(35)31(23)32(33(24)37-19-25)22-8-13-38(14-9-22)29(42)15-21-6-11-39(12-7-21)30(43)20-40-10-2-1-3-28(40)41/h18-23,33H,1-17H2;16-19,21-22,32H,1-15,20H2/t33-;32-/m11/s1. The van der Waals surface area contributed by atoms with Crippen LogP contribution in [0.1, 0.15) is 166 Å². The number of fused-ring (bicyclic) bond motifs is 4. The summed E-state index contributed by atoms with van der Waals surface area (Å²) in [5.41, 5.74) is 10.0. The lowest BCUT2D eigenvalue weighted by atomic mass is 9.76. The fraction of sp³-hybridized carbons (Fsp3) is 0.582. The number of piperidine rings is 6. The van der Waals surface area contributed by atoms with E-state index in [0.29, 0.717) is 95.0 Å². The predicted octanol–water partition coefficient (Wildman–Crippen LogP) is 13.1. The van der Waals surface area contributed by atoms with E-state index in [4.69, 9.17) is 33.2 Å². The lowest BCUT2D eigenvalue weighted by molar-refractivity contribution is -0.143. The minimum absolute atomic E-state index is 0.0412. The zero-order chi connectivity index (χ0) is 60.9. The zero-order valence-electron chi connectivity index (χ0n) is 49.7. The van der Waals surface area contributed by atoms with Crippen molar-refractivity contribution in [1.29, 1.82) is 0 Å². The highest BCUT2D eigenvalue weighted by atomic mass is 79.9. The number of amides is 6. The molecule has 6 saturated heterocycles. The van der Waals surface area contributed by atoms with Crippen molar-refractivity contribution < 1.29 is 28.8 Å². The van der Waals surface area contributed by atoms with Crippen molar-refractivity contribution >= 4 is 122 Å². The Labute approximate surface area is 556 Å². The van der Waals surface area contributed by atoms with Crippen LogP contribution in [-0.2, 0) is 54.5 Å². The van der Waals surface area contributed by atoms with Gasteiger partial charge in [-0.15, -0.1) is 0 Å². The van der Waals surface area contributed by atoms with E-state index in [-0.39, 0.29) is 53.8 Å². The van der Waals surface area contributed by atoms with Gasteiger partial charge in [0.15, 0.2) is 0 Å². The van der Waals surface area contributed by atoms with Gasteiger partial charge in [0.2, 0.25) is 35.4 Å². The summed E-state index contributed by atoms with van der Waals surface area (Å²) in [6.45, 7) is 7.98. The van der Waals surface area contributed by atoms with Gasteiger partial charge in [0, 0.05) is 156 Å². The second-order valence-corrected chi connectivity index (χ2v) is 30.0. The van der Waals surface area contributed by atoms with Gasteiger partial charge in [0.05, 0.1) is 17.9 Å². The molecule has 20 heteroatoms. The van der Waals surface area contributed by atoms with E-state index in [1.807, 2.05) is 39.2 Å². The molecule has 6 aliphatic heterocycles. The van der Waals surface area contributed by atoms with Gasteiger partial charge in [-0.3, -0.25) is 38.7 Å². The molecule has 2 atom stereocenters. The molecular formula is C67H80Br4Cl2N8O6. The number of likely N-dealkylation sites (tertiary alicyclic amines) is 6. The number of aryl methyl sites for hydroxylation is 4. The monoisotopic (exact) mass is 1480 g/mol. The number of carbonyl (C=O) groups is 6. The molecule has 2 aromatic heterocycles. The van der Waals surface area contributed by atoms with E-state index in [9.17, 15) is 28.8 Å². The van der Waals surface area contributed by atoms with Crippen LogP contribution < -0.4 is 0 Å². The minimum atomic E-state index is 0.0412. The van der Waals surface area contributed by atoms with E-state index < -0.39 is 0 Å². The van der Waals surface area contributed by atoms with Gasteiger partial charge in [0.1, 0.15) is 0 Å². The molecule has 2 aromatic carbocycles. The average Bonchev–Trinajstić information content (AvgIpc) is 2.56. The molecule has 6 amide bonds. The molecule has 2 aliphatic carbocycles. The third-order valence-electron chi connectivity index (χ3n) is 20.2. The summed E-state index contributed by atoms with van der Waals surface area (Å²) >= 11 is 27.9. The van der Waals surface area contributed by atoms with Gasteiger partial charge in [0.25, 0.3) is 0 Å². The van der Waals surface area contributed by atoms with Gasteiger partial charge in [-0.25, -0.2) is 0 Å². The molecule has 466 valence electrons. The number of hydrogen-bond donors (Lipinski definition) is 0. The second kappa shape index (κ2) is 29.6. The van der Waals surface area contributed by atoms with E-state index in [1.165, 1.54) is 33.4 Å². The van der Waals surface area contributed by atoms with Crippen LogP contribution in [0.15, 0.2) is 66.7 Å². The van der Waals surface area contributed by atoms with Crippen LogP contribution in [0.4, 0.5) is 0 Å². The molecule has 0 unspecified atom stereocenters. The first-order valence-electron chi connectivity index (χ1n) is 31.9. The van der Waals surface area contributed by atoms with Gasteiger partial charge < -0.3 is 29.4 Å². The number of rotatable bonds is 11. The molecule has 8 heterocycles. The van der Waals surface area contributed by atoms with E-state index in [0.717, 1.165) is 175 Å². The fourth-order valence-electron chi connectivity index (χ4n) is 15.3. The Morgan fingerprint density at radius 1 is 0.448 bits per heavy atom. The van der Waals surface area contributed by atoms with Crippen molar-refractivity contribution in [3.63, 3.8) is 0 Å². The molecule has 8 aliphatic rings. The molecule has 0 radical (unpaired) electrons. The van der Waals surface area contributed by atoms with Crippen LogP contribution in [0, 0.1) is 23.7 Å². The molecule has 0 N–H and O–H groups in total. The average molecular weight is 1480 g/mol. The minimum Gasteiger partial charge on any atom is -0.343 e. The second-order valence-electron chi connectivity index (χ2n) is 25.6. The third-order valence-corrected chi connectivity index (χ3v) is 22.8. The molecule has 0 bridgehead atoms. The van der Waals surface area contributed by atoms with Crippen molar-refractivity contribution in [2.45, 2.75) is 147 Å². The summed E-state index contributed by atoms with van der Waals surface area (Å²) < 4.78 is 4.10. The van der Waals surface area contributed by atoms with Crippen LogP contribution in [0.3, 0.4) is 0 Å². The van der Waals surface area contributed by atoms with E-state index in [1.54, 1.807) is 4.90 Å². The van der Waals surface area contributed by atoms with Crippen LogP contribution in [0.2, 0.25) is 10.0 Å². The predicted molar refractivity (Wildman–Crippen MR) is 353 cm³/mol. The number of carbonyl (C=O) groups excluding carboxylic acids is 6. The topological polar surface area (TPSA) is 148 Å². The van der Waals surface area contributed by atoms with Crippen molar-refractivity contribution in [1.82, 2.24) is 39.4 Å². The highest BCUT2D eigenvalue weighted by molar-refractivity contribution is 9.11. The van der Waals surface area contributed by atoms with Crippen molar-refractivity contribution in [2.75, 3.05) is 78.5 Å². The molecular weight excluding hydrogens is 1400 g/mol. The maximum Gasteiger partial charge on any atom is 0.242 e. The van der Waals surface area contributed by atoms with Crippen LogP contribution >= 0.6 is 86.9 Å². The van der Waals surface area contributed by atoms with Gasteiger partial charge in [-0.1, -0.05) is 55.1 Å². The van der Waals surface area contributed by atoms with Gasteiger partial charge in [-0.05, 0) is 228 Å². The number of nitrogens with zero attached hydrogens (tertiary/aromatic N) is 8. The normalized spacial score (nSPS) is 21.7.